The van der Waals surface area contributed by atoms with Gasteiger partial charge in [-0.1, -0.05) is 0 Å². The van der Waals surface area contributed by atoms with Crippen LogP contribution >= 0.6 is 0 Å². The van der Waals surface area contributed by atoms with E-state index in [1.807, 2.05) is 0 Å². The van der Waals surface area contributed by atoms with Gasteiger partial charge in [-0.15, -0.1) is 12.3 Å². The second kappa shape index (κ2) is 3.93. The van der Waals surface area contributed by atoms with Gasteiger partial charge in [-0.05, 0) is 6.08 Å². The summed E-state index contributed by atoms with van der Waals surface area (Å²) in [7, 11) is 0. The summed E-state index contributed by atoms with van der Waals surface area (Å²) in [4.78, 5) is 11.3. The molecule has 1 heterocycles. The average Bonchev–Trinajstić information content (AvgIpc) is 2.55. The van der Waals surface area contributed by atoms with E-state index >= 15 is 0 Å². The van der Waals surface area contributed by atoms with Crippen LogP contribution in [-0.4, -0.2) is 18.4 Å². The molecule has 1 aliphatic heterocycles. The van der Waals surface area contributed by atoms with Crippen molar-refractivity contribution in [1.29, 1.82) is 0 Å². The highest BCUT2D eigenvalue weighted by molar-refractivity contribution is 5.97. The zero-order chi connectivity index (χ0) is 8.97. The number of carbonyl (C=O) groups excluding carboxylic acids is 1. The normalized spacial score (nSPS) is 17.5. The standard InChI is InChI=1S/C9H11NO2/c1-2-4-7(10)9(11)8-5-3-6-12-8/h1,5,7H,3-4,6,10H2. The number of rotatable bonds is 3. The summed E-state index contributed by atoms with van der Waals surface area (Å²) < 4.78 is 5.05. The quantitative estimate of drug-likeness (QED) is 0.608. The number of ketones is 1. The van der Waals surface area contributed by atoms with Gasteiger partial charge in [0.2, 0.25) is 5.78 Å². The van der Waals surface area contributed by atoms with Crippen LogP contribution in [0, 0.1) is 12.3 Å². The van der Waals surface area contributed by atoms with E-state index in [9.17, 15) is 4.79 Å². The third-order valence-corrected chi connectivity index (χ3v) is 1.62. The first-order valence-corrected chi connectivity index (χ1v) is 3.82. The summed E-state index contributed by atoms with van der Waals surface area (Å²) in [6.45, 7) is 0.573. The number of hydrogen-bond acceptors (Lipinski definition) is 3. The van der Waals surface area contributed by atoms with Crippen LogP contribution in [0.2, 0.25) is 0 Å². The van der Waals surface area contributed by atoms with Gasteiger partial charge in [0.15, 0.2) is 5.76 Å². The van der Waals surface area contributed by atoms with E-state index in [-0.39, 0.29) is 12.2 Å². The van der Waals surface area contributed by atoms with Gasteiger partial charge in [-0.2, -0.15) is 0 Å². The van der Waals surface area contributed by atoms with Crippen molar-refractivity contribution in [2.45, 2.75) is 18.9 Å². The largest absolute Gasteiger partial charge is 0.490 e. The minimum atomic E-state index is -0.612. The Morgan fingerprint density at radius 2 is 2.67 bits per heavy atom. The minimum Gasteiger partial charge on any atom is -0.490 e. The Kier molecular flexibility index (Phi) is 2.89. The van der Waals surface area contributed by atoms with Gasteiger partial charge in [0.1, 0.15) is 0 Å². The predicted molar refractivity (Wildman–Crippen MR) is 45.1 cm³/mol. The van der Waals surface area contributed by atoms with Gasteiger partial charge in [-0.3, -0.25) is 4.79 Å². The van der Waals surface area contributed by atoms with Gasteiger partial charge in [-0.25, -0.2) is 0 Å². The van der Waals surface area contributed by atoms with Crippen LogP contribution in [0.25, 0.3) is 0 Å². The van der Waals surface area contributed by atoms with Crippen LogP contribution < -0.4 is 5.73 Å². The minimum absolute atomic E-state index is 0.189. The molecular formula is C9H11NO2. The molecule has 0 bridgehead atoms. The molecular weight excluding hydrogens is 154 g/mol. The summed E-state index contributed by atoms with van der Waals surface area (Å²) in [5, 5.41) is 0. The molecule has 1 aliphatic rings. The van der Waals surface area contributed by atoms with Crippen molar-refractivity contribution in [3.63, 3.8) is 0 Å². The zero-order valence-electron chi connectivity index (χ0n) is 6.75. The van der Waals surface area contributed by atoms with Crippen molar-refractivity contribution in [2.75, 3.05) is 6.61 Å². The second-order valence-electron chi connectivity index (χ2n) is 2.58. The molecule has 1 atom stereocenters. The first-order chi connectivity index (χ1) is 5.75. The van der Waals surface area contributed by atoms with Crippen molar-refractivity contribution in [3.8, 4) is 12.3 Å². The second-order valence-corrected chi connectivity index (χ2v) is 2.58. The molecule has 2 N–H and O–H groups in total. The Hall–Kier alpha value is -1.27. The summed E-state index contributed by atoms with van der Waals surface area (Å²) in [6.07, 6.45) is 7.82. The number of hydrogen-bond donors (Lipinski definition) is 1. The molecule has 0 spiro atoms. The molecule has 0 saturated carbocycles. The lowest BCUT2D eigenvalue weighted by molar-refractivity contribution is -0.119. The zero-order valence-corrected chi connectivity index (χ0v) is 6.75. The third-order valence-electron chi connectivity index (χ3n) is 1.62. The SMILES string of the molecule is C#CCC(N)C(=O)C1=CCCO1. The third kappa shape index (κ3) is 1.86. The predicted octanol–water partition coefficient (Wildman–Crippen LogP) is 0.210. The fourth-order valence-electron chi connectivity index (χ4n) is 0.992. The summed E-state index contributed by atoms with van der Waals surface area (Å²) in [5.74, 6) is 2.53. The fourth-order valence-corrected chi connectivity index (χ4v) is 0.992. The molecule has 3 nitrogen and oxygen atoms in total. The maximum Gasteiger partial charge on any atom is 0.214 e. The lowest BCUT2D eigenvalue weighted by Crippen LogP contribution is -2.31. The van der Waals surface area contributed by atoms with E-state index < -0.39 is 6.04 Å². The molecule has 0 aromatic heterocycles. The van der Waals surface area contributed by atoms with E-state index in [2.05, 4.69) is 5.92 Å². The molecule has 0 radical (unpaired) electrons. The van der Waals surface area contributed by atoms with Crippen LogP contribution in [0.1, 0.15) is 12.8 Å². The molecule has 0 fully saturated rings. The van der Waals surface area contributed by atoms with Crippen molar-refractivity contribution < 1.29 is 9.53 Å². The Bertz CT molecular complexity index is 250. The Morgan fingerprint density at radius 3 is 3.17 bits per heavy atom. The molecule has 0 saturated heterocycles. The van der Waals surface area contributed by atoms with Gasteiger partial charge >= 0.3 is 0 Å². The van der Waals surface area contributed by atoms with Crippen molar-refractivity contribution >= 4 is 5.78 Å². The highest BCUT2D eigenvalue weighted by Gasteiger charge is 2.20. The number of terminal acetylenes is 1. The monoisotopic (exact) mass is 165 g/mol. The smallest absolute Gasteiger partial charge is 0.214 e. The van der Waals surface area contributed by atoms with Gasteiger partial charge in [0.05, 0.1) is 12.6 Å². The summed E-state index contributed by atoms with van der Waals surface area (Å²) in [5.41, 5.74) is 5.49. The van der Waals surface area contributed by atoms with Crippen molar-refractivity contribution in [2.24, 2.45) is 5.73 Å². The van der Waals surface area contributed by atoms with E-state index in [4.69, 9.17) is 16.9 Å². The van der Waals surface area contributed by atoms with E-state index in [0.717, 1.165) is 6.42 Å². The number of ether oxygens (including phenoxy) is 1. The van der Waals surface area contributed by atoms with Crippen LogP contribution in [0.4, 0.5) is 0 Å². The molecule has 0 amide bonds. The lowest BCUT2D eigenvalue weighted by atomic mass is 10.1. The van der Waals surface area contributed by atoms with Crippen LogP contribution in [-0.2, 0) is 9.53 Å². The molecule has 0 aromatic carbocycles. The van der Waals surface area contributed by atoms with Gasteiger partial charge in [0, 0.05) is 12.8 Å². The molecule has 0 aromatic rings. The van der Waals surface area contributed by atoms with Gasteiger partial charge < -0.3 is 10.5 Å². The highest BCUT2D eigenvalue weighted by Crippen LogP contribution is 2.11. The fraction of sp³-hybridized carbons (Fsp3) is 0.444. The van der Waals surface area contributed by atoms with Crippen molar-refractivity contribution in [3.05, 3.63) is 11.8 Å². The van der Waals surface area contributed by atoms with Crippen LogP contribution in [0.3, 0.4) is 0 Å². The summed E-state index contributed by atoms with van der Waals surface area (Å²) in [6, 6.07) is -0.612. The van der Waals surface area contributed by atoms with Gasteiger partial charge in [0.25, 0.3) is 0 Å². The summed E-state index contributed by atoms with van der Waals surface area (Å²) >= 11 is 0. The molecule has 0 aliphatic carbocycles. The van der Waals surface area contributed by atoms with Crippen LogP contribution in [0.15, 0.2) is 11.8 Å². The van der Waals surface area contributed by atoms with Crippen molar-refractivity contribution in [1.82, 2.24) is 0 Å². The molecule has 1 rings (SSSR count). The molecule has 3 heteroatoms. The Morgan fingerprint density at radius 1 is 1.92 bits per heavy atom. The molecule has 64 valence electrons. The van der Waals surface area contributed by atoms with E-state index in [0.29, 0.717) is 12.4 Å². The first kappa shape index (κ1) is 8.82. The Balaban J connectivity index is 2.53. The molecule has 1 unspecified atom stereocenters. The average molecular weight is 165 g/mol. The number of Topliss-reactive ketones (excluding diaryl/α,β-unsaturated/α-hetero) is 1. The number of nitrogens with two attached hydrogens (primary N) is 1. The highest BCUT2D eigenvalue weighted by atomic mass is 16.5. The first-order valence-electron chi connectivity index (χ1n) is 3.82. The van der Waals surface area contributed by atoms with E-state index in [1.165, 1.54) is 0 Å². The lowest BCUT2D eigenvalue weighted by Gasteiger charge is -2.07. The Labute approximate surface area is 71.6 Å². The number of carbonyl (C=O) groups is 1. The topological polar surface area (TPSA) is 52.3 Å². The maximum atomic E-state index is 11.3. The van der Waals surface area contributed by atoms with Crippen LogP contribution in [0.5, 0.6) is 0 Å². The maximum absolute atomic E-state index is 11.3. The van der Waals surface area contributed by atoms with E-state index in [1.54, 1.807) is 6.08 Å². The molecule has 12 heavy (non-hydrogen) atoms.